The lowest BCUT2D eigenvalue weighted by Gasteiger charge is -2.19. The quantitative estimate of drug-likeness (QED) is 0.589. The molecule has 2 rings (SSSR count). The molecule has 7 heteroatoms. The summed E-state index contributed by atoms with van der Waals surface area (Å²) in [7, 11) is -3.52. The number of rotatable bonds is 11. The molecule has 1 atom stereocenters. The van der Waals surface area contributed by atoms with Crippen LogP contribution in [0.1, 0.15) is 38.3 Å². The first-order valence-corrected chi connectivity index (χ1v) is 11.8. The van der Waals surface area contributed by atoms with Crippen molar-refractivity contribution in [2.75, 3.05) is 19.7 Å². The second-order valence-electron chi connectivity index (χ2n) is 7.30. The number of hydrogen-bond acceptors (Lipinski definition) is 4. The second-order valence-corrected chi connectivity index (χ2v) is 9.24. The van der Waals surface area contributed by atoms with Crippen molar-refractivity contribution in [2.24, 2.45) is 0 Å². The number of carbonyl (C=O) groups is 1. The minimum Gasteiger partial charge on any atom is -0.484 e. The Morgan fingerprint density at radius 3 is 2.37 bits per heavy atom. The highest BCUT2D eigenvalue weighted by Crippen LogP contribution is 2.24. The molecule has 0 spiro atoms. The summed E-state index contributed by atoms with van der Waals surface area (Å²) in [6.45, 7) is 8.09. The van der Waals surface area contributed by atoms with Gasteiger partial charge in [0.2, 0.25) is 10.0 Å². The lowest BCUT2D eigenvalue weighted by Crippen LogP contribution is -2.36. The van der Waals surface area contributed by atoms with Crippen LogP contribution in [-0.4, -0.2) is 44.4 Å². The molecular formula is C23H32N2O4S. The first-order chi connectivity index (χ1) is 14.3. The van der Waals surface area contributed by atoms with Gasteiger partial charge in [-0.25, -0.2) is 8.42 Å². The number of hydrogen-bond donors (Lipinski definition) is 1. The minimum atomic E-state index is -3.52. The molecule has 164 valence electrons. The molecule has 0 saturated carbocycles. The lowest BCUT2D eigenvalue weighted by atomic mass is 10.1. The molecule has 0 bridgehead atoms. The van der Waals surface area contributed by atoms with Crippen molar-refractivity contribution in [3.8, 4) is 5.75 Å². The predicted octanol–water partition coefficient (Wildman–Crippen LogP) is 3.54. The highest BCUT2D eigenvalue weighted by atomic mass is 32.2. The maximum Gasteiger partial charge on any atom is 0.258 e. The van der Waals surface area contributed by atoms with Crippen LogP contribution in [0.2, 0.25) is 0 Å². The van der Waals surface area contributed by atoms with Gasteiger partial charge in [0.1, 0.15) is 5.75 Å². The van der Waals surface area contributed by atoms with E-state index in [9.17, 15) is 13.2 Å². The first kappa shape index (κ1) is 23.9. The van der Waals surface area contributed by atoms with Crippen LogP contribution >= 0.6 is 0 Å². The fourth-order valence-electron chi connectivity index (χ4n) is 3.22. The van der Waals surface area contributed by atoms with E-state index in [4.69, 9.17) is 4.74 Å². The number of ether oxygens (including phenoxy) is 1. The van der Waals surface area contributed by atoms with Crippen molar-refractivity contribution < 1.29 is 17.9 Å². The van der Waals surface area contributed by atoms with E-state index in [-0.39, 0.29) is 23.5 Å². The van der Waals surface area contributed by atoms with Crippen LogP contribution in [0, 0.1) is 6.92 Å². The zero-order chi connectivity index (χ0) is 22.1. The Labute approximate surface area is 180 Å². The molecule has 0 aliphatic heterocycles. The molecule has 1 amide bonds. The maximum atomic E-state index is 12.6. The highest BCUT2D eigenvalue weighted by molar-refractivity contribution is 7.89. The Kier molecular flexibility index (Phi) is 8.87. The molecule has 0 saturated heterocycles. The van der Waals surface area contributed by atoms with E-state index < -0.39 is 10.0 Å². The molecule has 0 aliphatic rings. The molecule has 0 aliphatic carbocycles. The van der Waals surface area contributed by atoms with Crippen molar-refractivity contribution in [3.63, 3.8) is 0 Å². The number of aryl methyl sites for hydroxylation is 2. The topological polar surface area (TPSA) is 75.7 Å². The van der Waals surface area contributed by atoms with Crippen LogP contribution in [0.25, 0.3) is 0 Å². The third-order valence-corrected chi connectivity index (χ3v) is 7.01. The van der Waals surface area contributed by atoms with Gasteiger partial charge >= 0.3 is 0 Å². The van der Waals surface area contributed by atoms with Crippen molar-refractivity contribution in [1.82, 2.24) is 9.62 Å². The van der Waals surface area contributed by atoms with Gasteiger partial charge < -0.3 is 10.1 Å². The van der Waals surface area contributed by atoms with Gasteiger partial charge in [-0.3, -0.25) is 4.79 Å². The summed E-state index contributed by atoms with van der Waals surface area (Å²) in [5.74, 6) is 0.301. The largest absolute Gasteiger partial charge is 0.484 e. The smallest absolute Gasteiger partial charge is 0.258 e. The van der Waals surface area contributed by atoms with Crippen LogP contribution in [0.15, 0.2) is 53.4 Å². The second kappa shape index (κ2) is 11.1. The van der Waals surface area contributed by atoms with Gasteiger partial charge in [0, 0.05) is 19.1 Å². The van der Waals surface area contributed by atoms with E-state index >= 15 is 0 Å². The van der Waals surface area contributed by atoms with Crippen LogP contribution in [0.3, 0.4) is 0 Å². The van der Waals surface area contributed by atoms with Gasteiger partial charge in [-0.15, -0.1) is 0 Å². The number of benzene rings is 2. The van der Waals surface area contributed by atoms with E-state index in [1.165, 1.54) is 15.9 Å². The fraction of sp³-hybridized carbons (Fsp3) is 0.435. The van der Waals surface area contributed by atoms with Gasteiger partial charge in [0.05, 0.1) is 4.90 Å². The van der Waals surface area contributed by atoms with Crippen LogP contribution in [-0.2, 0) is 21.2 Å². The van der Waals surface area contributed by atoms with E-state index in [0.29, 0.717) is 24.4 Å². The molecule has 0 radical (unpaired) electrons. The number of nitrogens with zero attached hydrogens (tertiary/aromatic N) is 1. The molecule has 2 aromatic carbocycles. The van der Waals surface area contributed by atoms with Gasteiger partial charge in [0.15, 0.2) is 6.61 Å². The number of nitrogens with one attached hydrogen (secondary N) is 1. The fourth-order valence-corrected chi connectivity index (χ4v) is 4.76. The third-order valence-electron chi connectivity index (χ3n) is 4.96. The Morgan fingerprint density at radius 2 is 1.77 bits per heavy atom. The van der Waals surface area contributed by atoms with Crippen molar-refractivity contribution in [3.05, 3.63) is 59.7 Å². The Balaban J connectivity index is 1.88. The predicted molar refractivity (Wildman–Crippen MR) is 119 cm³/mol. The summed E-state index contributed by atoms with van der Waals surface area (Å²) in [6.07, 6.45) is 1.73. The molecule has 0 aromatic heterocycles. The summed E-state index contributed by atoms with van der Waals surface area (Å²) >= 11 is 0. The number of amides is 1. The van der Waals surface area contributed by atoms with Crippen molar-refractivity contribution >= 4 is 15.9 Å². The maximum absolute atomic E-state index is 12.6. The SMILES string of the molecule is CCN(CC)S(=O)(=O)c1ccc(OCC(=O)N[C@H](C)CCc2ccccc2)c(C)c1. The van der Waals surface area contributed by atoms with Crippen LogP contribution < -0.4 is 10.1 Å². The number of carbonyl (C=O) groups excluding carboxylic acids is 1. The normalized spacial score (nSPS) is 12.6. The summed E-state index contributed by atoms with van der Waals surface area (Å²) in [5.41, 5.74) is 1.92. The average molecular weight is 433 g/mol. The van der Waals surface area contributed by atoms with Gasteiger partial charge in [0.25, 0.3) is 5.91 Å². The Hall–Kier alpha value is -2.38. The molecular weight excluding hydrogens is 400 g/mol. The molecule has 1 N–H and O–H groups in total. The molecule has 0 fully saturated rings. The van der Waals surface area contributed by atoms with Gasteiger partial charge in [-0.05, 0) is 56.0 Å². The van der Waals surface area contributed by atoms with E-state index in [2.05, 4.69) is 17.4 Å². The standard InChI is InChI=1S/C23H32N2O4S/c1-5-25(6-2)30(27,28)21-14-15-22(18(3)16-21)29-17-23(26)24-19(4)12-13-20-10-8-7-9-11-20/h7-11,14-16,19H,5-6,12-13,17H2,1-4H3,(H,24,26)/t19-/m1/s1. The minimum absolute atomic E-state index is 0.0315. The molecule has 30 heavy (non-hydrogen) atoms. The monoisotopic (exact) mass is 432 g/mol. The van der Waals surface area contributed by atoms with Crippen LogP contribution in [0.4, 0.5) is 0 Å². The van der Waals surface area contributed by atoms with E-state index in [1.807, 2.05) is 39.0 Å². The summed E-state index contributed by atoms with van der Waals surface area (Å²) in [6, 6.07) is 14.9. The zero-order valence-corrected chi connectivity index (χ0v) is 19.0. The summed E-state index contributed by atoms with van der Waals surface area (Å²) in [5, 5.41) is 2.94. The van der Waals surface area contributed by atoms with E-state index in [0.717, 1.165) is 12.8 Å². The lowest BCUT2D eigenvalue weighted by molar-refractivity contribution is -0.123. The zero-order valence-electron chi connectivity index (χ0n) is 18.2. The van der Waals surface area contributed by atoms with Gasteiger partial charge in [-0.2, -0.15) is 4.31 Å². The first-order valence-electron chi connectivity index (χ1n) is 10.3. The Bertz CT molecular complexity index is 925. The van der Waals surface area contributed by atoms with Gasteiger partial charge in [-0.1, -0.05) is 44.2 Å². The van der Waals surface area contributed by atoms with Crippen molar-refractivity contribution in [1.29, 1.82) is 0 Å². The molecule has 0 heterocycles. The highest BCUT2D eigenvalue weighted by Gasteiger charge is 2.22. The third kappa shape index (κ3) is 6.57. The van der Waals surface area contributed by atoms with E-state index in [1.54, 1.807) is 19.1 Å². The molecule has 6 nitrogen and oxygen atoms in total. The van der Waals surface area contributed by atoms with Crippen molar-refractivity contribution in [2.45, 2.75) is 51.5 Å². The summed E-state index contributed by atoms with van der Waals surface area (Å²) < 4.78 is 32.3. The number of sulfonamides is 1. The Morgan fingerprint density at radius 1 is 1.10 bits per heavy atom. The average Bonchev–Trinajstić information content (AvgIpc) is 2.72. The summed E-state index contributed by atoms with van der Waals surface area (Å²) in [4.78, 5) is 12.4. The molecule has 0 unspecified atom stereocenters. The van der Waals surface area contributed by atoms with Crippen LogP contribution in [0.5, 0.6) is 5.75 Å². The molecule has 2 aromatic rings.